The highest BCUT2D eigenvalue weighted by Crippen LogP contribution is 2.09. The molecule has 2 nitrogen and oxygen atoms in total. The molecule has 0 aliphatic carbocycles. The standard InChI is InChI=1S/C10H19NO/c1-4-6-8-11-9-10(3,12)7-5-2/h11-12H,5,7-9H2,1-3H3. The van der Waals surface area contributed by atoms with Crippen LogP contribution in [0.15, 0.2) is 0 Å². The highest BCUT2D eigenvalue weighted by atomic mass is 16.3. The molecule has 0 aliphatic rings. The zero-order valence-electron chi connectivity index (χ0n) is 8.28. The van der Waals surface area contributed by atoms with Crippen LogP contribution in [0.4, 0.5) is 0 Å². The van der Waals surface area contributed by atoms with Gasteiger partial charge >= 0.3 is 0 Å². The molecule has 0 aromatic heterocycles. The minimum absolute atomic E-state index is 0.579. The molecule has 0 aromatic carbocycles. The van der Waals surface area contributed by atoms with Crippen molar-refractivity contribution in [2.24, 2.45) is 0 Å². The van der Waals surface area contributed by atoms with Crippen molar-refractivity contribution >= 4 is 0 Å². The molecule has 0 amide bonds. The van der Waals surface area contributed by atoms with Gasteiger partial charge in [-0.15, -0.1) is 5.92 Å². The zero-order valence-corrected chi connectivity index (χ0v) is 8.28. The van der Waals surface area contributed by atoms with Gasteiger partial charge in [-0.05, 0) is 20.3 Å². The van der Waals surface area contributed by atoms with E-state index in [0.717, 1.165) is 12.8 Å². The van der Waals surface area contributed by atoms with Crippen LogP contribution in [-0.2, 0) is 0 Å². The van der Waals surface area contributed by atoms with Crippen molar-refractivity contribution in [3.63, 3.8) is 0 Å². The minimum Gasteiger partial charge on any atom is -0.389 e. The molecule has 70 valence electrons. The average Bonchev–Trinajstić information content (AvgIpc) is 1.98. The topological polar surface area (TPSA) is 32.3 Å². The van der Waals surface area contributed by atoms with Gasteiger partial charge in [0.15, 0.2) is 0 Å². The van der Waals surface area contributed by atoms with Gasteiger partial charge in [-0.25, -0.2) is 0 Å². The van der Waals surface area contributed by atoms with Gasteiger partial charge in [-0.3, -0.25) is 0 Å². The van der Waals surface area contributed by atoms with Gasteiger partial charge in [-0.1, -0.05) is 19.3 Å². The van der Waals surface area contributed by atoms with Gasteiger partial charge in [0.25, 0.3) is 0 Å². The summed E-state index contributed by atoms with van der Waals surface area (Å²) in [4.78, 5) is 0. The SMILES string of the molecule is CC#CCNCC(C)(O)CCC. The molecule has 1 unspecified atom stereocenters. The molecule has 12 heavy (non-hydrogen) atoms. The van der Waals surface area contributed by atoms with E-state index < -0.39 is 5.60 Å². The van der Waals surface area contributed by atoms with Gasteiger partial charge < -0.3 is 10.4 Å². The molecule has 0 saturated heterocycles. The molecular formula is C10H19NO. The number of rotatable bonds is 5. The quantitative estimate of drug-likeness (QED) is 0.478. The van der Waals surface area contributed by atoms with Crippen molar-refractivity contribution in [2.75, 3.05) is 13.1 Å². The summed E-state index contributed by atoms with van der Waals surface area (Å²) < 4.78 is 0. The third-order valence-electron chi connectivity index (χ3n) is 1.68. The lowest BCUT2D eigenvalue weighted by Gasteiger charge is -2.22. The summed E-state index contributed by atoms with van der Waals surface area (Å²) in [6.45, 7) is 7.01. The van der Waals surface area contributed by atoms with Crippen LogP contribution in [0.25, 0.3) is 0 Å². The normalized spacial score (nSPS) is 14.7. The second-order valence-electron chi connectivity index (χ2n) is 3.28. The molecule has 2 N–H and O–H groups in total. The van der Waals surface area contributed by atoms with E-state index in [0.29, 0.717) is 13.1 Å². The Kier molecular flexibility index (Phi) is 5.79. The van der Waals surface area contributed by atoms with Crippen LogP contribution in [0.1, 0.15) is 33.6 Å². The lowest BCUT2D eigenvalue weighted by molar-refractivity contribution is 0.0512. The highest BCUT2D eigenvalue weighted by Gasteiger charge is 2.17. The predicted octanol–water partition coefficient (Wildman–Crippen LogP) is 1.15. The van der Waals surface area contributed by atoms with Crippen LogP contribution in [0.5, 0.6) is 0 Å². The maximum Gasteiger partial charge on any atom is 0.0743 e. The largest absolute Gasteiger partial charge is 0.389 e. The van der Waals surface area contributed by atoms with E-state index in [-0.39, 0.29) is 0 Å². The second kappa shape index (κ2) is 6.05. The summed E-state index contributed by atoms with van der Waals surface area (Å²) in [6, 6.07) is 0. The van der Waals surface area contributed by atoms with Gasteiger partial charge in [0.1, 0.15) is 0 Å². The number of aliphatic hydroxyl groups is 1. The third kappa shape index (κ3) is 6.21. The van der Waals surface area contributed by atoms with Gasteiger partial charge in [-0.2, -0.15) is 0 Å². The lowest BCUT2D eigenvalue weighted by atomic mass is 10.0. The molecule has 0 radical (unpaired) electrons. The fourth-order valence-corrected chi connectivity index (χ4v) is 1.11. The van der Waals surface area contributed by atoms with E-state index >= 15 is 0 Å². The third-order valence-corrected chi connectivity index (χ3v) is 1.68. The first-order valence-corrected chi connectivity index (χ1v) is 4.45. The fraction of sp³-hybridized carbons (Fsp3) is 0.800. The van der Waals surface area contributed by atoms with Crippen LogP contribution in [0.2, 0.25) is 0 Å². The van der Waals surface area contributed by atoms with Gasteiger partial charge in [0.2, 0.25) is 0 Å². The van der Waals surface area contributed by atoms with Crippen molar-refractivity contribution in [3.8, 4) is 11.8 Å². The fourth-order valence-electron chi connectivity index (χ4n) is 1.11. The van der Waals surface area contributed by atoms with Crippen molar-refractivity contribution in [1.29, 1.82) is 0 Å². The monoisotopic (exact) mass is 169 g/mol. The number of hydrogen-bond donors (Lipinski definition) is 2. The summed E-state index contributed by atoms with van der Waals surface area (Å²) in [5.74, 6) is 5.68. The van der Waals surface area contributed by atoms with Gasteiger partial charge in [0, 0.05) is 6.54 Å². The lowest BCUT2D eigenvalue weighted by Crippen LogP contribution is -2.37. The van der Waals surface area contributed by atoms with E-state index in [2.05, 4.69) is 24.1 Å². The Morgan fingerprint density at radius 3 is 2.67 bits per heavy atom. The molecule has 0 aromatic rings. The maximum atomic E-state index is 9.70. The van der Waals surface area contributed by atoms with E-state index in [1.54, 1.807) is 0 Å². The summed E-state index contributed by atoms with van der Waals surface area (Å²) in [5.41, 5.74) is -0.579. The second-order valence-corrected chi connectivity index (χ2v) is 3.28. The highest BCUT2D eigenvalue weighted by molar-refractivity contribution is 4.97. The van der Waals surface area contributed by atoms with Crippen LogP contribution >= 0.6 is 0 Å². The van der Waals surface area contributed by atoms with Crippen LogP contribution in [-0.4, -0.2) is 23.8 Å². The van der Waals surface area contributed by atoms with Crippen molar-refractivity contribution in [1.82, 2.24) is 5.32 Å². The first-order chi connectivity index (χ1) is 5.62. The Morgan fingerprint density at radius 2 is 2.17 bits per heavy atom. The molecule has 0 heterocycles. The summed E-state index contributed by atoms with van der Waals surface area (Å²) in [7, 11) is 0. The van der Waals surface area contributed by atoms with E-state index in [4.69, 9.17) is 0 Å². The van der Waals surface area contributed by atoms with Crippen LogP contribution in [0.3, 0.4) is 0 Å². The predicted molar refractivity (Wildman–Crippen MR) is 51.9 cm³/mol. The first kappa shape index (κ1) is 11.5. The summed E-state index contributed by atoms with van der Waals surface area (Å²) in [6.07, 6.45) is 1.84. The van der Waals surface area contributed by atoms with E-state index in [1.165, 1.54) is 0 Å². The Labute approximate surface area is 75.4 Å². The average molecular weight is 169 g/mol. The summed E-state index contributed by atoms with van der Waals surface area (Å²) >= 11 is 0. The molecule has 0 spiro atoms. The Balaban J connectivity index is 3.51. The molecular weight excluding hydrogens is 150 g/mol. The van der Waals surface area contributed by atoms with Gasteiger partial charge in [0.05, 0.1) is 12.1 Å². The summed E-state index contributed by atoms with van der Waals surface area (Å²) in [5, 5.41) is 12.8. The number of hydrogen-bond acceptors (Lipinski definition) is 2. The molecule has 0 fully saturated rings. The van der Waals surface area contributed by atoms with Crippen LogP contribution < -0.4 is 5.32 Å². The molecule has 2 heteroatoms. The van der Waals surface area contributed by atoms with E-state index in [9.17, 15) is 5.11 Å². The first-order valence-electron chi connectivity index (χ1n) is 4.45. The molecule has 0 bridgehead atoms. The van der Waals surface area contributed by atoms with Crippen molar-refractivity contribution < 1.29 is 5.11 Å². The minimum atomic E-state index is -0.579. The number of nitrogens with one attached hydrogen (secondary N) is 1. The maximum absolute atomic E-state index is 9.70. The Bertz CT molecular complexity index is 164. The molecule has 1 atom stereocenters. The smallest absolute Gasteiger partial charge is 0.0743 e. The zero-order chi connectivity index (χ0) is 9.45. The molecule has 0 aliphatic heterocycles. The Hall–Kier alpha value is -0.520. The van der Waals surface area contributed by atoms with Crippen molar-refractivity contribution in [3.05, 3.63) is 0 Å². The molecule has 0 saturated carbocycles. The van der Waals surface area contributed by atoms with Crippen molar-refractivity contribution in [2.45, 2.75) is 39.2 Å². The van der Waals surface area contributed by atoms with Crippen LogP contribution in [0, 0.1) is 11.8 Å². The Morgan fingerprint density at radius 1 is 1.50 bits per heavy atom. The van der Waals surface area contributed by atoms with E-state index in [1.807, 2.05) is 13.8 Å². The molecule has 0 rings (SSSR count).